The van der Waals surface area contributed by atoms with Gasteiger partial charge in [-0.15, -0.1) is 0 Å². The molecule has 0 saturated carbocycles. The summed E-state index contributed by atoms with van der Waals surface area (Å²) in [7, 11) is 0. The van der Waals surface area contributed by atoms with Crippen molar-refractivity contribution in [2.45, 2.75) is 46.3 Å². The second-order valence-electron chi connectivity index (χ2n) is 4.66. The van der Waals surface area contributed by atoms with Crippen molar-refractivity contribution in [3.63, 3.8) is 0 Å². The van der Waals surface area contributed by atoms with Crippen LogP contribution in [0.2, 0.25) is 0 Å². The zero-order valence-corrected chi connectivity index (χ0v) is 11.3. The minimum Gasteiger partial charge on any atom is -0.469 e. The van der Waals surface area contributed by atoms with Crippen molar-refractivity contribution in [2.75, 3.05) is 0 Å². The van der Waals surface area contributed by atoms with Crippen molar-refractivity contribution in [1.82, 2.24) is 15.1 Å². The molecule has 0 aliphatic heterocycles. The Kier molecular flexibility index (Phi) is 4.20. The largest absolute Gasteiger partial charge is 0.469 e. The summed E-state index contributed by atoms with van der Waals surface area (Å²) in [4.78, 5) is 0. The summed E-state index contributed by atoms with van der Waals surface area (Å²) in [6.45, 7) is 8.07. The van der Waals surface area contributed by atoms with Crippen LogP contribution in [-0.4, -0.2) is 15.8 Å². The molecule has 0 spiro atoms. The van der Waals surface area contributed by atoms with Gasteiger partial charge in [0.05, 0.1) is 17.7 Å². The topological polar surface area (TPSA) is 43.0 Å². The van der Waals surface area contributed by atoms with E-state index in [2.05, 4.69) is 30.3 Å². The van der Waals surface area contributed by atoms with Gasteiger partial charge in [-0.1, -0.05) is 0 Å². The molecule has 2 heterocycles. The number of hydrogen-bond acceptors (Lipinski definition) is 3. The second-order valence-corrected chi connectivity index (χ2v) is 4.66. The van der Waals surface area contributed by atoms with Gasteiger partial charge in [0.1, 0.15) is 5.76 Å². The Morgan fingerprint density at radius 2 is 2.33 bits per heavy atom. The van der Waals surface area contributed by atoms with E-state index >= 15 is 0 Å². The van der Waals surface area contributed by atoms with Crippen molar-refractivity contribution in [3.05, 3.63) is 41.6 Å². The number of aryl methyl sites for hydroxylation is 2. The predicted octanol–water partition coefficient (Wildman–Crippen LogP) is 2.53. The first kappa shape index (κ1) is 12.9. The van der Waals surface area contributed by atoms with Crippen LogP contribution in [0.1, 0.15) is 31.0 Å². The molecule has 4 nitrogen and oxygen atoms in total. The van der Waals surface area contributed by atoms with Crippen LogP contribution in [0.25, 0.3) is 0 Å². The molecule has 98 valence electrons. The molecule has 0 amide bonds. The van der Waals surface area contributed by atoms with Crippen LogP contribution in [0.15, 0.2) is 28.9 Å². The summed E-state index contributed by atoms with van der Waals surface area (Å²) in [6.07, 6.45) is 2.63. The van der Waals surface area contributed by atoms with Crippen LogP contribution in [0, 0.1) is 6.92 Å². The third-order valence-corrected chi connectivity index (χ3v) is 3.00. The monoisotopic (exact) mass is 247 g/mol. The molecule has 2 rings (SSSR count). The fourth-order valence-corrected chi connectivity index (χ4v) is 2.10. The lowest BCUT2D eigenvalue weighted by atomic mass is 10.2. The Morgan fingerprint density at radius 3 is 3.00 bits per heavy atom. The maximum atomic E-state index is 5.35. The second kappa shape index (κ2) is 5.87. The Labute approximate surface area is 108 Å². The molecular weight excluding hydrogens is 226 g/mol. The molecule has 0 radical (unpaired) electrons. The van der Waals surface area contributed by atoms with Gasteiger partial charge in [-0.05, 0) is 39.0 Å². The third-order valence-electron chi connectivity index (χ3n) is 3.00. The van der Waals surface area contributed by atoms with Gasteiger partial charge in [-0.3, -0.25) is 4.68 Å². The van der Waals surface area contributed by atoms with E-state index in [1.54, 1.807) is 6.26 Å². The molecule has 4 heteroatoms. The lowest BCUT2D eigenvalue weighted by Crippen LogP contribution is -2.28. The van der Waals surface area contributed by atoms with Crippen LogP contribution < -0.4 is 5.32 Å². The third kappa shape index (κ3) is 3.23. The van der Waals surface area contributed by atoms with E-state index in [0.29, 0.717) is 6.04 Å². The van der Waals surface area contributed by atoms with Gasteiger partial charge in [-0.25, -0.2) is 0 Å². The smallest absolute Gasteiger partial charge is 0.105 e. The van der Waals surface area contributed by atoms with Crippen molar-refractivity contribution >= 4 is 0 Å². The lowest BCUT2D eigenvalue weighted by molar-refractivity contribution is 0.449. The molecule has 1 N–H and O–H groups in total. The maximum absolute atomic E-state index is 5.35. The van der Waals surface area contributed by atoms with Crippen molar-refractivity contribution < 1.29 is 4.42 Å². The van der Waals surface area contributed by atoms with Gasteiger partial charge in [0.25, 0.3) is 0 Å². The summed E-state index contributed by atoms with van der Waals surface area (Å²) in [6, 6.07) is 6.46. The number of aromatic nitrogens is 2. The summed E-state index contributed by atoms with van der Waals surface area (Å²) in [5.41, 5.74) is 2.31. The van der Waals surface area contributed by atoms with E-state index in [1.165, 1.54) is 5.69 Å². The minimum absolute atomic E-state index is 0.386. The Hall–Kier alpha value is -1.55. The predicted molar refractivity (Wildman–Crippen MR) is 71.4 cm³/mol. The molecule has 0 fully saturated rings. The number of nitrogens with zero attached hydrogens (tertiary/aromatic N) is 2. The Morgan fingerprint density at radius 1 is 1.50 bits per heavy atom. The average Bonchev–Trinajstić information content (AvgIpc) is 2.95. The molecule has 1 unspecified atom stereocenters. The zero-order chi connectivity index (χ0) is 13.0. The molecule has 2 aromatic heterocycles. The Bertz CT molecular complexity index is 473. The standard InChI is InChI=1S/C14H21N3O/c1-4-17-13(8-12(3)16-17)10-15-11(2)9-14-6-5-7-18-14/h5-8,11,15H,4,9-10H2,1-3H3. The lowest BCUT2D eigenvalue weighted by Gasteiger charge is -2.13. The first-order valence-electron chi connectivity index (χ1n) is 6.48. The van der Waals surface area contributed by atoms with Gasteiger partial charge in [-0.2, -0.15) is 5.10 Å². The van der Waals surface area contributed by atoms with Crippen LogP contribution in [0.5, 0.6) is 0 Å². The number of nitrogens with one attached hydrogen (secondary N) is 1. The highest BCUT2D eigenvalue weighted by molar-refractivity contribution is 5.09. The number of rotatable bonds is 6. The number of hydrogen-bond donors (Lipinski definition) is 1. The molecule has 0 saturated heterocycles. The fourth-order valence-electron chi connectivity index (χ4n) is 2.10. The highest BCUT2D eigenvalue weighted by Crippen LogP contribution is 2.06. The molecule has 0 aliphatic rings. The summed E-state index contributed by atoms with van der Waals surface area (Å²) in [5, 5.41) is 7.95. The van der Waals surface area contributed by atoms with Crippen LogP contribution in [0.3, 0.4) is 0 Å². The van der Waals surface area contributed by atoms with Crippen molar-refractivity contribution in [2.24, 2.45) is 0 Å². The van der Waals surface area contributed by atoms with E-state index in [0.717, 1.165) is 31.0 Å². The van der Waals surface area contributed by atoms with E-state index in [1.807, 2.05) is 23.7 Å². The van der Waals surface area contributed by atoms with Crippen LogP contribution >= 0.6 is 0 Å². The van der Waals surface area contributed by atoms with Gasteiger partial charge < -0.3 is 9.73 Å². The summed E-state index contributed by atoms with van der Waals surface area (Å²) in [5.74, 6) is 1.02. The molecule has 0 bridgehead atoms. The molecular formula is C14H21N3O. The maximum Gasteiger partial charge on any atom is 0.105 e. The van der Waals surface area contributed by atoms with Crippen molar-refractivity contribution in [1.29, 1.82) is 0 Å². The quantitative estimate of drug-likeness (QED) is 0.853. The first-order chi connectivity index (χ1) is 8.69. The average molecular weight is 247 g/mol. The van der Waals surface area contributed by atoms with E-state index in [-0.39, 0.29) is 0 Å². The summed E-state index contributed by atoms with van der Waals surface area (Å²) < 4.78 is 7.39. The van der Waals surface area contributed by atoms with E-state index < -0.39 is 0 Å². The fraction of sp³-hybridized carbons (Fsp3) is 0.500. The number of furan rings is 1. The van der Waals surface area contributed by atoms with Gasteiger partial charge in [0.15, 0.2) is 0 Å². The molecule has 18 heavy (non-hydrogen) atoms. The van der Waals surface area contributed by atoms with E-state index in [4.69, 9.17) is 4.42 Å². The highest BCUT2D eigenvalue weighted by atomic mass is 16.3. The molecule has 0 aromatic carbocycles. The van der Waals surface area contributed by atoms with Crippen molar-refractivity contribution in [3.8, 4) is 0 Å². The molecule has 2 aromatic rings. The summed E-state index contributed by atoms with van der Waals surface area (Å²) >= 11 is 0. The van der Waals surface area contributed by atoms with Crippen LogP contribution in [-0.2, 0) is 19.5 Å². The Balaban J connectivity index is 1.86. The van der Waals surface area contributed by atoms with Gasteiger partial charge >= 0.3 is 0 Å². The first-order valence-corrected chi connectivity index (χ1v) is 6.48. The normalized spacial score (nSPS) is 12.8. The molecule has 1 atom stereocenters. The van der Waals surface area contributed by atoms with Gasteiger partial charge in [0, 0.05) is 25.6 Å². The zero-order valence-electron chi connectivity index (χ0n) is 11.3. The minimum atomic E-state index is 0.386. The SMILES string of the molecule is CCn1nc(C)cc1CNC(C)Cc1ccco1. The van der Waals surface area contributed by atoms with Crippen LogP contribution in [0.4, 0.5) is 0 Å². The molecule has 0 aliphatic carbocycles. The van der Waals surface area contributed by atoms with Gasteiger partial charge in [0.2, 0.25) is 0 Å². The van der Waals surface area contributed by atoms with E-state index in [9.17, 15) is 0 Å². The highest BCUT2D eigenvalue weighted by Gasteiger charge is 2.08.